The minimum Gasteiger partial charge on any atom is -0.467 e. The van der Waals surface area contributed by atoms with Crippen LogP contribution in [0, 0.1) is 16.0 Å². The van der Waals surface area contributed by atoms with Crippen molar-refractivity contribution in [2.45, 2.75) is 25.8 Å². The van der Waals surface area contributed by atoms with Crippen LogP contribution in [0.2, 0.25) is 0 Å². The molecular formula is C15H17N3O3. The fourth-order valence-electron chi connectivity index (χ4n) is 2.82. The Kier molecular flexibility index (Phi) is 3.60. The van der Waals surface area contributed by atoms with Gasteiger partial charge in [0.05, 0.1) is 17.2 Å². The summed E-state index contributed by atoms with van der Waals surface area (Å²) in [4.78, 5) is 16.7. The first-order valence-corrected chi connectivity index (χ1v) is 7.05. The Hall–Kier alpha value is -2.37. The molecule has 0 radical (unpaired) electrons. The minimum atomic E-state index is -0.431. The zero-order chi connectivity index (χ0) is 14.8. The molecule has 2 atom stereocenters. The lowest BCUT2D eigenvalue weighted by Crippen LogP contribution is -2.36. The molecule has 3 heterocycles. The van der Waals surface area contributed by atoms with Gasteiger partial charge in [0.15, 0.2) is 0 Å². The summed E-state index contributed by atoms with van der Waals surface area (Å²) < 4.78 is 5.56. The van der Waals surface area contributed by atoms with Gasteiger partial charge in [0, 0.05) is 12.6 Å². The number of piperidine rings is 1. The van der Waals surface area contributed by atoms with E-state index in [1.165, 1.54) is 12.3 Å². The summed E-state index contributed by atoms with van der Waals surface area (Å²) in [6.07, 6.45) is 5.06. The van der Waals surface area contributed by atoms with Gasteiger partial charge in [-0.15, -0.1) is 0 Å². The molecule has 0 amide bonds. The molecule has 1 aliphatic heterocycles. The average Bonchev–Trinajstić information content (AvgIpc) is 3.01. The predicted molar refractivity (Wildman–Crippen MR) is 78.1 cm³/mol. The van der Waals surface area contributed by atoms with Crippen molar-refractivity contribution in [2.24, 2.45) is 5.92 Å². The summed E-state index contributed by atoms with van der Waals surface area (Å²) >= 11 is 0. The summed E-state index contributed by atoms with van der Waals surface area (Å²) in [6.45, 7) is 3.11. The van der Waals surface area contributed by atoms with E-state index in [1.54, 1.807) is 12.3 Å². The van der Waals surface area contributed by atoms with E-state index < -0.39 is 4.92 Å². The van der Waals surface area contributed by atoms with E-state index >= 15 is 0 Å². The van der Waals surface area contributed by atoms with Crippen LogP contribution < -0.4 is 4.90 Å². The number of pyridine rings is 1. The van der Waals surface area contributed by atoms with E-state index in [0.29, 0.717) is 5.92 Å². The van der Waals surface area contributed by atoms with Crippen molar-refractivity contribution in [3.05, 3.63) is 52.6 Å². The van der Waals surface area contributed by atoms with Crippen LogP contribution in [0.25, 0.3) is 0 Å². The lowest BCUT2D eigenvalue weighted by atomic mass is 9.91. The Bertz CT molecular complexity index is 610. The molecule has 0 N–H and O–H groups in total. The Morgan fingerprint density at radius 2 is 2.29 bits per heavy atom. The number of rotatable bonds is 3. The molecule has 0 aromatic carbocycles. The van der Waals surface area contributed by atoms with Crippen molar-refractivity contribution in [3.8, 4) is 0 Å². The van der Waals surface area contributed by atoms with E-state index in [0.717, 1.165) is 31.0 Å². The Morgan fingerprint density at radius 3 is 2.90 bits per heavy atom. The van der Waals surface area contributed by atoms with Crippen molar-refractivity contribution < 1.29 is 9.34 Å². The first-order valence-electron chi connectivity index (χ1n) is 7.05. The van der Waals surface area contributed by atoms with Gasteiger partial charge < -0.3 is 9.32 Å². The molecule has 110 valence electrons. The Balaban J connectivity index is 1.89. The highest BCUT2D eigenvalue weighted by molar-refractivity contribution is 5.45. The standard InChI is InChI=1S/C15H17N3O3/c1-11-6-7-17(13(9-11)14-3-2-8-21-14)15-5-4-12(10-16-15)18(19)20/h2-5,8,10-11,13H,6-7,9H2,1H3. The van der Waals surface area contributed by atoms with Gasteiger partial charge in [-0.1, -0.05) is 6.92 Å². The number of aromatic nitrogens is 1. The molecule has 2 aromatic heterocycles. The van der Waals surface area contributed by atoms with E-state index in [-0.39, 0.29) is 11.7 Å². The van der Waals surface area contributed by atoms with Crippen LogP contribution in [0.4, 0.5) is 11.5 Å². The molecule has 6 heteroatoms. The lowest BCUT2D eigenvalue weighted by molar-refractivity contribution is -0.385. The summed E-state index contributed by atoms with van der Waals surface area (Å²) in [7, 11) is 0. The predicted octanol–water partition coefficient (Wildman–Crippen LogP) is 3.56. The second-order valence-electron chi connectivity index (χ2n) is 5.49. The molecule has 2 aromatic rings. The monoisotopic (exact) mass is 287 g/mol. The summed E-state index contributed by atoms with van der Waals surface area (Å²) in [5.41, 5.74) is 0.0127. The zero-order valence-corrected chi connectivity index (χ0v) is 11.8. The van der Waals surface area contributed by atoms with Crippen molar-refractivity contribution in [2.75, 3.05) is 11.4 Å². The van der Waals surface area contributed by atoms with Crippen LogP contribution in [0.5, 0.6) is 0 Å². The van der Waals surface area contributed by atoms with Crippen molar-refractivity contribution in [3.63, 3.8) is 0 Å². The molecule has 6 nitrogen and oxygen atoms in total. The van der Waals surface area contributed by atoms with Gasteiger partial charge in [-0.3, -0.25) is 10.1 Å². The second kappa shape index (κ2) is 5.55. The molecular weight excluding hydrogens is 270 g/mol. The van der Waals surface area contributed by atoms with Crippen LogP contribution in [0.3, 0.4) is 0 Å². The van der Waals surface area contributed by atoms with E-state index in [2.05, 4.69) is 16.8 Å². The molecule has 0 spiro atoms. The number of anilines is 1. The lowest BCUT2D eigenvalue weighted by Gasteiger charge is -2.38. The van der Waals surface area contributed by atoms with E-state index in [9.17, 15) is 10.1 Å². The normalized spacial score (nSPS) is 22.2. The number of hydrogen-bond acceptors (Lipinski definition) is 5. The second-order valence-corrected chi connectivity index (χ2v) is 5.49. The van der Waals surface area contributed by atoms with E-state index in [1.807, 2.05) is 12.1 Å². The quantitative estimate of drug-likeness (QED) is 0.637. The third-order valence-corrected chi connectivity index (χ3v) is 3.97. The van der Waals surface area contributed by atoms with Crippen molar-refractivity contribution >= 4 is 11.5 Å². The van der Waals surface area contributed by atoms with Gasteiger partial charge in [-0.05, 0) is 37.0 Å². The van der Waals surface area contributed by atoms with Crippen LogP contribution in [-0.4, -0.2) is 16.5 Å². The van der Waals surface area contributed by atoms with E-state index in [4.69, 9.17) is 4.42 Å². The summed E-state index contributed by atoms with van der Waals surface area (Å²) in [5, 5.41) is 10.7. The SMILES string of the molecule is CC1CCN(c2ccc([N+](=O)[O-])cn2)C(c2ccco2)C1. The molecule has 3 rings (SSSR count). The maximum atomic E-state index is 10.7. The largest absolute Gasteiger partial charge is 0.467 e. The van der Waals surface area contributed by atoms with Crippen LogP contribution in [0.15, 0.2) is 41.1 Å². The highest BCUT2D eigenvalue weighted by Gasteiger charge is 2.30. The Labute approximate surface area is 122 Å². The van der Waals surface area contributed by atoms with Crippen molar-refractivity contribution in [1.82, 2.24) is 4.98 Å². The number of hydrogen-bond donors (Lipinski definition) is 0. The molecule has 1 saturated heterocycles. The molecule has 0 saturated carbocycles. The third kappa shape index (κ3) is 2.74. The third-order valence-electron chi connectivity index (χ3n) is 3.97. The van der Waals surface area contributed by atoms with Crippen LogP contribution >= 0.6 is 0 Å². The number of nitro groups is 1. The summed E-state index contributed by atoms with van der Waals surface area (Å²) in [5.74, 6) is 2.30. The van der Waals surface area contributed by atoms with Crippen LogP contribution in [-0.2, 0) is 0 Å². The molecule has 21 heavy (non-hydrogen) atoms. The highest BCUT2D eigenvalue weighted by atomic mass is 16.6. The number of nitrogens with zero attached hydrogens (tertiary/aromatic N) is 3. The van der Waals surface area contributed by atoms with Crippen molar-refractivity contribution in [1.29, 1.82) is 0 Å². The fraction of sp³-hybridized carbons (Fsp3) is 0.400. The molecule has 0 bridgehead atoms. The van der Waals surface area contributed by atoms with Gasteiger partial charge in [-0.2, -0.15) is 0 Å². The molecule has 2 unspecified atom stereocenters. The molecule has 1 aliphatic rings. The highest BCUT2D eigenvalue weighted by Crippen LogP contribution is 2.37. The summed E-state index contributed by atoms with van der Waals surface area (Å²) in [6, 6.07) is 7.21. The maximum Gasteiger partial charge on any atom is 0.287 e. The first-order chi connectivity index (χ1) is 10.1. The minimum absolute atomic E-state index is 0.0127. The smallest absolute Gasteiger partial charge is 0.287 e. The Morgan fingerprint density at radius 1 is 1.43 bits per heavy atom. The van der Waals surface area contributed by atoms with Gasteiger partial charge in [0.25, 0.3) is 5.69 Å². The molecule has 0 aliphatic carbocycles. The molecule has 1 fully saturated rings. The van der Waals surface area contributed by atoms with Gasteiger partial charge in [-0.25, -0.2) is 4.98 Å². The van der Waals surface area contributed by atoms with Gasteiger partial charge in [0.2, 0.25) is 0 Å². The van der Waals surface area contributed by atoms with Gasteiger partial charge >= 0.3 is 0 Å². The van der Waals surface area contributed by atoms with Crippen LogP contribution in [0.1, 0.15) is 31.6 Å². The zero-order valence-electron chi connectivity index (χ0n) is 11.8. The number of furan rings is 1. The first kappa shape index (κ1) is 13.6. The maximum absolute atomic E-state index is 10.7. The average molecular weight is 287 g/mol. The fourth-order valence-corrected chi connectivity index (χ4v) is 2.82. The van der Waals surface area contributed by atoms with Gasteiger partial charge in [0.1, 0.15) is 17.8 Å². The topological polar surface area (TPSA) is 72.4 Å².